The van der Waals surface area contributed by atoms with Gasteiger partial charge in [-0.2, -0.15) is 0 Å². The summed E-state index contributed by atoms with van der Waals surface area (Å²) in [6.45, 7) is 2.31. The minimum Gasteiger partial charge on any atom is -0.312 e. The fraction of sp³-hybridized carbons (Fsp3) is 0.0877. The summed E-state index contributed by atoms with van der Waals surface area (Å²) in [5.41, 5.74) is 17.5. The molecule has 0 spiro atoms. The highest BCUT2D eigenvalue weighted by Crippen LogP contribution is 2.50. The van der Waals surface area contributed by atoms with Gasteiger partial charge in [0, 0.05) is 54.0 Å². The molecule has 0 saturated heterocycles. The molecule has 0 fully saturated rings. The highest BCUT2D eigenvalue weighted by Gasteiger charge is 2.25. The molecule has 2 aliphatic rings. The van der Waals surface area contributed by atoms with E-state index in [9.17, 15) is 0 Å². The summed E-state index contributed by atoms with van der Waals surface area (Å²) < 4.78 is 5.05. The molecule has 0 atom stereocenters. The van der Waals surface area contributed by atoms with E-state index in [2.05, 4.69) is 186 Å². The van der Waals surface area contributed by atoms with Crippen molar-refractivity contribution in [1.29, 1.82) is 0 Å². The zero-order valence-corrected chi connectivity index (χ0v) is 35.2. The van der Waals surface area contributed by atoms with Crippen LogP contribution in [0.1, 0.15) is 36.8 Å². The van der Waals surface area contributed by atoms with E-state index in [0.717, 1.165) is 59.2 Å². The zero-order chi connectivity index (χ0) is 41.1. The molecule has 296 valence electrons. The van der Waals surface area contributed by atoms with Crippen molar-refractivity contribution in [3.63, 3.8) is 0 Å². The molecule has 0 bridgehead atoms. The van der Waals surface area contributed by atoms with Crippen LogP contribution in [-0.2, 0) is 0 Å². The summed E-state index contributed by atoms with van der Waals surface area (Å²) in [5, 5.41) is 5.13. The first-order valence-corrected chi connectivity index (χ1v) is 22.4. The normalized spacial score (nSPS) is 14.0. The summed E-state index contributed by atoms with van der Waals surface area (Å²) in [4.78, 5) is 12.5. The maximum atomic E-state index is 5.08. The van der Waals surface area contributed by atoms with E-state index in [-0.39, 0.29) is 0 Å². The first-order chi connectivity index (χ1) is 30.7. The quantitative estimate of drug-likeness (QED) is 0.161. The van der Waals surface area contributed by atoms with Crippen molar-refractivity contribution in [1.82, 2.24) is 14.5 Å². The molecule has 2 aliphatic carbocycles. The molecule has 0 N–H and O–H groups in total. The lowest BCUT2D eigenvalue weighted by Gasteiger charge is -2.31. The van der Waals surface area contributed by atoms with Crippen LogP contribution < -0.4 is 4.90 Å². The number of hydrogen-bond donors (Lipinski definition) is 0. The maximum absolute atomic E-state index is 5.08. The monoisotopic (exact) mass is 814 g/mol. The smallest absolute Gasteiger partial charge is 0.0908 e. The molecular formula is C57H42N4S. The van der Waals surface area contributed by atoms with E-state index >= 15 is 0 Å². The van der Waals surface area contributed by atoms with Gasteiger partial charge in [-0.25, -0.2) is 0 Å². The third kappa shape index (κ3) is 6.03. The Labute approximate surface area is 364 Å². The molecule has 0 radical (unpaired) electrons. The number of allylic oxidation sites excluding steroid dienone is 8. The van der Waals surface area contributed by atoms with E-state index in [1.807, 2.05) is 29.8 Å². The molecule has 0 aliphatic heterocycles. The van der Waals surface area contributed by atoms with Crippen molar-refractivity contribution in [2.75, 3.05) is 4.90 Å². The van der Waals surface area contributed by atoms with Crippen molar-refractivity contribution in [2.24, 2.45) is 0 Å². The Morgan fingerprint density at radius 2 is 1.31 bits per heavy atom. The Morgan fingerprint density at radius 3 is 2.11 bits per heavy atom. The highest BCUT2D eigenvalue weighted by molar-refractivity contribution is 7.26. The van der Waals surface area contributed by atoms with E-state index in [1.165, 1.54) is 81.2 Å². The Bertz CT molecular complexity index is 3530. The van der Waals surface area contributed by atoms with Crippen LogP contribution >= 0.6 is 11.3 Å². The summed E-state index contributed by atoms with van der Waals surface area (Å²) in [7, 11) is 0. The third-order valence-corrected chi connectivity index (χ3v) is 13.9. The van der Waals surface area contributed by atoms with E-state index in [0.29, 0.717) is 0 Å². The molecule has 4 nitrogen and oxygen atoms in total. The zero-order valence-electron chi connectivity index (χ0n) is 34.4. The number of fused-ring (bicyclic) bond motifs is 7. The Kier molecular flexibility index (Phi) is 8.82. The SMILES string of the molecule is Cc1c(N(C2=CC=CCC2)c2cnc3cc(-c4ccccc4)cnc3c2)cc2sc3cc4c(cc3c2c1-c1ccccc1)c1ccccc1n4-c1ccccc1C1=CC=CCC1. The molecule has 4 aromatic heterocycles. The predicted molar refractivity (Wildman–Crippen MR) is 264 cm³/mol. The topological polar surface area (TPSA) is 34.0 Å². The number of thiophene rings is 1. The van der Waals surface area contributed by atoms with E-state index < -0.39 is 0 Å². The van der Waals surface area contributed by atoms with Gasteiger partial charge < -0.3 is 9.47 Å². The van der Waals surface area contributed by atoms with Crippen LogP contribution in [0.3, 0.4) is 0 Å². The van der Waals surface area contributed by atoms with Crippen LogP contribution in [0, 0.1) is 6.92 Å². The molecule has 62 heavy (non-hydrogen) atoms. The standard InChI is InChI=1S/C57H42N4S/c1-37-52(60(42-24-12-5-13-25-42)43-31-49-48(59-36-43)30-41(35-58-49)38-18-6-2-7-19-38)33-55-57(56(37)40-22-10-4-11-23-40)47-32-46-45-27-15-17-29-51(45)61(53(46)34-54(47)62-55)50-28-16-14-26-44(50)39-20-8-3-9-21-39/h2-8,10-12,14-20,22-24,26-36H,9,13,21,25H2,1H3. The van der Waals surface area contributed by atoms with Crippen molar-refractivity contribution >= 4 is 81.3 Å². The van der Waals surface area contributed by atoms with Crippen LogP contribution in [0.25, 0.3) is 86.5 Å². The van der Waals surface area contributed by atoms with Crippen molar-refractivity contribution in [2.45, 2.75) is 32.6 Å². The largest absolute Gasteiger partial charge is 0.312 e. The Morgan fingerprint density at radius 1 is 0.581 bits per heavy atom. The number of para-hydroxylation sites is 2. The molecule has 5 heteroatoms. The molecule has 0 saturated carbocycles. The van der Waals surface area contributed by atoms with Gasteiger partial charge in [0.05, 0.1) is 45.3 Å². The lowest BCUT2D eigenvalue weighted by molar-refractivity contribution is 0.915. The third-order valence-electron chi connectivity index (χ3n) is 12.8. The minimum atomic E-state index is 0.875. The highest BCUT2D eigenvalue weighted by atomic mass is 32.1. The average Bonchev–Trinajstić information content (AvgIpc) is 3.86. The average molecular weight is 815 g/mol. The maximum Gasteiger partial charge on any atom is 0.0908 e. The van der Waals surface area contributed by atoms with Crippen molar-refractivity contribution < 1.29 is 0 Å². The van der Waals surface area contributed by atoms with Crippen LogP contribution in [-0.4, -0.2) is 14.5 Å². The van der Waals surface area contributed by atoms with Gasteiger partial charge in [-0.05, 0) is 109 Å². The molecule has 0 unspecified atom stereocenters. The lowest BCUT2D eigenvalue weighted by Crippen LogP contribution is -2.19. The Hall–Kier alpha value is -7.34. The van der Waals surface area contributed by atoms with Gasteiger partial charge in [0.1, 0.15) is 0 Å². The van der Waals surface area contributed by atoms with E-state index in [4.69, 9.17) is 9.97 Å². The van der Waals surface area contributed by atoms with Crippen LogP contribution in [0.5, 0.6) is 0 Å². The van der Waals surface area contributed by atoms with Crippen molar-refractivity contribution in [3.8, 4) is 27.9 Å². The van der Waals surface area contributed by atoms with Crippen LogP contribution in [0.15, 0.2) is 194 Å². The fourth-order valence-corrected chi connectivity index (χ4v) is 11.0. The number of aromatic nitrogens is 3. The van der Waals surface area contributed by atoms with Gasteiger partial charge in [0.25, 0.3) is 0 Å². The second kappa shape index (κ2) is 15.0. The number of benzene rings is 6. The number of pyridine rings is 2. The molecular weight excluding hydrogens is 773 g/mol. The molecule has 6 aromatic carbocycles. The van der Waals surface area contributed by atoms with Gasteiger partial charge >= 0.3 is 0 Å². The fourth-order valence-electron chi connectivity index (χ4n) is 9.85. The second-order valence-electron chi connectivity index (χ2n) is 16.4. The van der Waals surface area contributed by atoms with Crippen LogP contribution in [0.2, 0.25) is 0 Å². The molecule has 10 aromatic rings. The molecule has 4 heterocycles. The summed E-state index contributed by atoms with van der Waals surface area (Å²) >= 11 is 1.89. The van der Waals surface area contributed by atoms with Gasteiger partial charge in [-0.3, -0.25) is 9.97 Å². The van der Waals surface area contributed by atoms with Gasteiger partial charge in [-0.1, -0.05) is 127 Å². The number of nitrogens with zero attached hydrogens (tertiary/aromatic N) is 4. The number of hydrogen-bond acceptors (Lipinski definition) is 4. The van der Waals surface area contributed by atoms with Gasteiger partial charge in [0.15, 0.2) is 0 Å². The number of rotatable bonds is 7. The van der Waals surface area contributed by atoms with Gasteiger partial charge in [0.2, 0.25) is 0 Å². The van der Waals surface area contributed by atoms with Gasteiger partial charge in [-0.15, -0.1) is 11.3 Å². The predicted octanol–water partition coefficient (Wildman–Crippen LogP) is 15.8. The van der Waals surface area contributed by atoms with Crippen LogP contribution in [0.4, 0.5) is 11.4 Å². The first kappa shape index (κ1) is 36.5. The number of anilines is 2. The summed E-state index contributed by atoms with van der Waals surface area (Å²) in [6.07, 6.45) is 21.5. The summed E-state index contributed by atoms with van der Waals surface area (Å²) in [5.74, 6) is 0. The van der Waals surface area contributed by atoms with E-state index in [1.54, 1.807) is 0 Å². The first-order valence-electron chi connectivity index (χ1n) is 21.6. The second-order valence-corrected chi connectivity index (χ2v) is 17.5. The Balaban J connectivity index is 1.10. The van der Waals surface area contributed by atoms with Crippen molar-refractivity contribution in [3.05, 3.63) is 205 Å². The lowest BCUT2D eigenvalue weighted by atomic mass is 9.92. The summed E-state index contributed by atoms with van der Waals surface area (Å²) in [6, 6.07) is 51.0. The molecule has 0 amide bonds. The molecule has 12 rings (SSSR count). The minimum absolute atomic E-state index is 0.875.